The molecule has 1 aromatic carbocycles. The Labute approximate surface area is 92.7 Å². The van der Waals surface area contributed by atoms with E-state index in [-0.39, 0.29) is 11.5 Å². The number of carboxylic acids is 1. The van der Waals surface area contributed by atoms with Crippen molar-refractivity contribution in [3.8, 4) is 0 Å². The molecular formula is C11H13NO4. The van der Waals surface area contributed by atoms with Crippen molar-refractivity contribution in [2.24, 2.45) is 0 Å². The van der Waals surface area contributed by atoms with Gasteiger partial charge in [0.2, 0.25) is 5.91 Å². The van der Waals surface area contributed by atoms with Crippen molar-refractivity contribution >= 4 is 17.6 Å². The van der Waals surface area contributed by atoms with Crippen molar-refractivity contribution in [2.45, 2.75) is 19.4 Å². The molecule has 3 N–H and O–H groups in total. The molecule has 0 aliphatic carbocycles. The summed E-state index contributed by atoms with van der Waals surface area (Å²) in [5, 5.41) is 21.2. The molecule has 1 aromatic rings. The maximum absolute atomic E-state index is 10.9. The molecule has 0 aliphatic rings. The predicted molar refractivity (Wildman–Crippen MR) is 58.0 cm³/mol. The first-order chi connectivity index (χ1) is 7.35. The first kappa shape index (κ1) is 12.2. The van der Waals surface area contributed by atoms with Crippen LogP contribution in [0.3, 0.4) is 0 Å². The molecule has 5 heteroatoms. The predicted octanol–water partition coefficient (Wildman–Crippen LogP) is 0.937. The number of aliphatic carboxylic acids is 1. The molecule has 0 radical (unpaired) electrons. The molecule has 86 valence electrons. The molecule has 0 spiro atoms. The van der Waals surface area contributed by atoms with Gasteiger partial charge in [-0.25, -0.2) is 4.79 Å². The molecule has 0 heterocycles. The van der Waals surface area contributed by atoms with Crippen LogP contribution < -0.4 is 5.32 Å². The summed E-state index contributed by atoms with van der Waals surface area (Å²) in [5.74, 6) is -1.70. The van der Waals surface area contributed by atoms with Gasteiger partial charge in [0.1, 0.15) is 0 Å². The van der Waals surface area contributed by atoms with Crippen LogP contribution in [0.15, 0.2) is 24.3 Å². The van der Waals surface area contributed by atoms with Crippen molar-refractivity contribution in [1.29, 1.82) is 0 Å². The number of anilines is 1. The topological polar surface area (TPSA) is 86.6 Å². The summed E-state index contributed by atoms with van der Waals surface area (Å²) in [5.41, 5.74) is -1.58. The number of hydrogen-bond donors (Lipinski definition) is 3. The molecule has 0 bridgehead atoms. The Morgan fingerprint density at radius 1 is 1.31 bits per heavy atom. The monoisotopic (exact) mass is 223 g/mol. The fourth-order valence-corrected chi connectivity index (χ4v) is 1.32. The lowest BCUT2D eigenvalue weighted by molar-refractivity contribution is -0.157. The molecule has 5 nitrogen and oxygen atoms in total. The summed E-state index contributed by atoms with van der Waals surface area (Å²) < 4.78 is 0. The van der Waals surface area contributed by atoms with Gasteiger partial charge >= 0.3 is 5.97 Å². The fourth-order valence-electron chi connectivity index (χ4n) is 1.32. The van der Waals surface area contributed by atoms with E-state index < -0.39 is 11.6 Å². The third kappa shape index (κ3) is 2.38. The Morgan fingerprint density at radius 3 is 2.38 bits per heavy atom. The van der Waals surface area contributed by atoms with Gasteiger partial charge in [-0.1, -0.05) is 18.2 Å². The number of nitrogens with one attached hydrogen (secondary N) is 1. The largest absolute Gasteiger partial charge is 0.479 e. The Kier molecular flexibility index (Phi) is 3.29. The second-order valence-corrected chi connectivity index (χ2v) is 3.60. The standard InChI is InChI=1S/C11H13NO4/c1-7(13)12-9-6-4-3-5-8(9)11(2,16)10(14)15/h3-6,16H,1-2H3,(H,12,13)(H,14,15)/t11-/m1/s1. The van der Waals surface area contributed by atoms with Crippen LogP contribution >= 0.6 is 0 Å². The highest BCUT2D eigenvalue weighted by Crippen LogP contribution is 2.28. The SMILES string of the molecule is CC(=O)Nc1ccccc1[C@@](C)(O)C(=O)O. The van der Waals surface area contributed by atoms with E-state index in [0.717, 1.165) is 6.92 Å². The van der Waals surface area contributed by atoms with Gasteiger partial charge in [0.05, 0.1) is 0 Å². The summed E-state index contributed by atoms with van der Waals surface area (Å²) in [6.07, 6.45) is 0. The first-order valence-corrected chi connectivity index (χ1v) is 4.68. The van der Waals surface area contributed by atoms with Crippen LogP contribution in [0.5, 0.6) is 0 Å². The summed E-state index contributed by atoms with van der Waals surface area (Å²) in [4.78, 5) is 21.8. The average molecular weight is 223 g/mol. The minimum absolute atomic E-state index is 0.151. The molecule has 1 atom stereocenters. The lowest BCUT2D eigenvalue weighted by atomic mass is 9.94. The zero-order valence-electron chi connectivity index (χ0n) is 9.02. The molecule has 1 amide bonds. The van der Waals surface area contributed by atoms with E-state index in [1.54, 1.807) is 12.1 Å². The van der Waals surface area contributed by atoms with Crippen molar-refractivity contribution in [2.75, 3.05) is 5.32 Å². The maximum atomic E-state index is 10.9. The Morgan fingerprint density at radius 2 is 1.88 bits per heavy atom. The van der Waals surface area contributed by atoms with E-state index in [1.165, 1.54) is 19.1 Å². The molecule has 0 aliphatic heterocycles. The van der Waals surface area contributed by atoms with Gasteiger partial charge in [-0.15, -0.1) is 0 Å². The molecule has 0 saturated heterocycles. The van der Waals surface area contributed by atoms with Crippen molar-refractivity contribution in [1.82, 2.24) is 0 Å². The highest BCUT2D eigenvalue weighted by Gasteiger charge is 2.34. The molecule has 1 rings (SSSR count). The van der Waals surface area contributed by atoms with E-state index in [0.29, 0.717) is 5.69 Å². The third-order valence-corrected chi connectivity index (χ3v) is 2.18. The zero-order chi connectivity index (χ0) is 12.3. The van der Waals surface area contributed by atoms with Crippen LogP contribution in [0.1, 0.15) is 19.4 Å². The van der Waals surface area contributed by atoms with E-state index in [1.807, 2.05) is 0 Å². The number of hydrogen-bond acceptors (Lipinski definition) is 3. The number of amides is 1. The quantitative estimate of drug-likeness (QED) is 0.711. The van der Waals surface area contributed by atoms with Crippen LogP contribution in [0.4, 0.5) is 5.69 Å². The Balaban J connectivity index is 3.22. The van der Waals surface area contributed by atoms with Crippen LogP contribution in [-0.4, -0.2) is 22.1 Å². The van der Waals surface area contributed by atoms with Gasteiger partial charge in [0.15, 0.2) is 5.60 Å². The summed E-state index contributed by atoms with van der Waals surface area (Å²) >= 11 is 0. The maximum Gasteiger partial charge on any atom is 0.340 e. The minimum Gasteiger partial charge on any atom is -0.479 e. The molecule has 0 fully saturated rings. The van der Waals surface area contributed by atoms with Crippen molar-refractivity contribution < 1.29 is 19.8 Å². The van der Waals surface area contributed by atoms with Gasteiger partial charge < -0.3 is 15.5 Å². The number of carboxylic acid groups (broad SMARTS) is 1. The summed E-state index contributed by atoms with van der Waals surface area (Å²) in [6.45, 7) is 2.47. The van der Waals surface area contributed by atoms with Crippen LogP contribution in [-0.2, 0) is 15.2 Å². The molecular weight excluding hydrogens is 210 g/mol. The van der Waals surface area contributed by atoms with Gasteiger partial charge in [-0.05, 0) is 13.0 Å². The smallest absolute Gasteiger partial charge is 0.340 e. The number of carbonyl (C=O) groups is 2. The van der Waals surface area contributed by atoms with E-state index in [9.17, 15) is 14.7 Å². The van der Waals surface area contributed by atoms with Crippen molar-refractivity contribution in [3.05, 3.63) is 29.8 Å². The first-order valence-electron chi connectivity index (χ1n) is 4.68. The summed E-state index contributed by atoms with van der Waals surface area (Å²) in [7, 11) is 0. The molecule has 0 saturated carbocycles. The number of para-hydroxylation sites is 1. The van der Waals surface area contributed by atoms with Gasteiger partial charge in [-0.3, -0.25) is 4.79 Å². The molecule has 0 unspecified atom stereocenters. The second kappa shape index (κ2) is 4.32. The molecule has 16 heavy (non-hydrogen) atoms. The lowest BCUT2D eigenvalue weighted by Crippen LogP contribution is -2.33. The second-order valence-electron chi connectivity index (χ2n) is 3.60. The van der Waals surface area contributed by atoms with Crippen LogP contribution in [0.2, 0.25) is 0 Å². The average Bonchev–Trinajstić information content (AvgIpc) is 2.17. The number of benzene rings is 1. The fraction of sp³-hybridized carbons (Fsp3) is 0.273. The zero-order valence-corrected chi connectivity index (χ0v) is 9.02. The van der Waals surface area contributed by atoms with Gasteiger partial charge in [-0.2, -0.15) is 0 Å². The third-order valence-electron chi connectivity index (χ3n) is 2.18. The molecule has 0 aromatic heterocycles. The number of rotatable bonds is 3. The Hall–Kier alpha value is -1.88. The number of aliphatic hydroxyl groups is 1. The highest BCUT2D eigenvalue weighted by atomic mass is 16.4. The highest BCUT2D eigenvalue weighted by molar-refractivity contribution is 5.91. The Bertz CT molecular complexity index is 426. The van der Waals surface area contributed by atoms with E-state index in [2.05, 4.69) is 5.32 Å². The normalized spacial score (nSPS) is 13.9. The van der Waals surface area contributed by atoms with Gasteiger partial charge in [0, 0.05) is 18.2 Å². The van der Waals surface area contributed by atoms with Crippen molar-refractivity contribution in [3.63, 3.8) is 0 Å². The number of carbonyl (C=O) groups excluding carboxylic acids is 1. The van der Waals surface area contributed by atoms with Crippen LogP contribution in [0.25, 0.3) is 0 Å². The van der Waals surface area contributed by atoms with Crippen LogP contribution in [0, 0.1) is 0 Å². The van der Waals surface area contributed by atoms with Gasteiger partial charge in [0.25, 0.3) is 0 Å². The summed E-state index contributed by atoms with van der Waals surface area (Å²) in [6, 6.07) is 6.23. The minimum atomic E-state index is -2.03. The van der Waals surface area contributed by atoms with E-state index in [4.69, 9.17) is 5.11 Å². The van der Waals surface area contributed by atoms with E-state index >= 15 is 0 Å². The lowest BCUT2D eigenvalue weighted by Gasteiger charge is -2.21.